The maximum atomic E-state index is 13.3. The highest BCUT2D eigenvalue weighted by molar-refractivity contribution is 7.92. The Balaban J connectivity index is 1.49. The third kappa shape index (κ3) is 7.78. The highest BCUT2D eigenvalue weighted by Crippen LogP contribution is 2.33. The number of anilines is 4. The zero-order chi connectivity index (χ0) is 32.9. The van der Waals surface area contributed by atoms with Gasteiger partial charge in [0.1, 0.15) is 16.6 Å². The van der Waals surface area contributed by atoms with Crippen molar-refractivity contribution in [3.63, 3.8) is 0 Å². The molecule has 4 heterocycles. The first-order valence-electron chi connectivity index (χ1n) is 13.5. The minimum atomic E-state index is -4.02. The number of thiazole rings is 1. The maximum Gasteiger partial charge on any atom is 0.270 e. The van der Waals surface area contributed by atoms with E-state index in [1.807, 2.05) is 6.07 Å². The van der Waals surface area contributed by atoms with Crippen LogP contribution in [0.1, 0.15) is 21.1 Å². The number of carbonyl (C=O) groups excluding carboxylic acids is 1. The molecule has 0 bridgehead atoms. The number of hydrogen-bond donors (Lipinski definition) is 3. The lowest BCUT2D eigenvalue weighted by atomic mass is 10.3. The first-order chi connectivity index (χ1) is 21.3. The number of nitrogens with two attached hydrogens (primary N) is 2. The molecular weight excluding hydrogens is 647 g/mol. The summed E-state index contributed by atoms with van der Waals surface area (Å²) in [5.41, 5.74) is 12.3. The fraction of sp³-hybridized carbons (Fsp3) is 0.458. The van der Waals surface area contributed by atoms with E-state index in [0.717, 1.165) is 21.9 Å². The standard InChI is InChI=1S/C24H33N13O5S3/c1-16-14-17(15-27)29-23(28-16)35-10-12-37(13-11-35)45(41,42)19-5-4-18(32-33-19)30-22(38)20-21(34(2)44(3,39)40)31-24(43-20)36(8-6-25)9-7-26/h4-5,14H,6-13,25-26H2,1-3H3,(H,30,32,38). The average Bonchev–Trinajstić information content (AvgIpc) is 3.45. The van der Waals surface area contributed by atoms with Crippen molar-refractivity contribution in [2.45, 2.75) is 11.9 Å². The molecule has 0 spiro atoms. The quantitative estimate of drug-likeness (QED) is 0.203. The van der Waals surface area contributed by atoms with Gasteiger partial charge in [-0.2, -0.15) is 9.57 Å². The number of sulfonamides is 2. The molecule has 0 aromatic carbocycles. The number of aryl methyl sites for hydroxylation is 1. The number of nitrogens with one attached hydrogen (secondary N) is 1. The summed E-state index contributed by atoms with van der Waals surface area (Å²) < 4.78 is 53.3. The van der Waals surface area contributed by atoms with Gasteiger partial charge in [-0.3, -0.25) is 9.10 Å². The van der Waals surface area contributed by atoms with E-state index in [-0.39, 0.29) is 53.4 Å². The van der Waals surface area contributed by atoms with E-state index in [2.05, 4.69) is 30.5 Å². The second-order valence-corrected chi connectivity index (χ2v) is 14.7. The van der Waals surface area contributed by atoms with Crippen molar-refractivity contribution in [3.05, 3.63) is 34.5 Å². The number of aromatic nitrogens is 5. The Labute approximate surface area is 264 Å². The fourth-order valence-corrected chi connectivity index (χ4v) is 7.12. The van der Waals surface area contributed by atoms with Gasteiger partial charge in [-0.05, 0) is 25.1 Å². The Hall–Kier alpha value is -4.07. The zero-order valence-corrected chi connectivity index (χ0v) is 27.2. The van der Waals surface area contributed by atoms with Crippen molar-refractivity contribution in [1.29, 1.82) is 5.26 Å². The average molecular weight is 680 g/mol. The molecule has 3 aromatic rings. The van der Waals surface area contributed by atoms with Crippen molar-refractivity contribution in [3.8, 4) is 6.07 Å². The van der Waals surface area contributed by atoms with Crippen molar-refractivity contribution in [1.82, 2.24) is 29.5 Å². The van der Waals surface area contributed by atoms with E-state index in [0.29, 0.717) is 43.0 Å². The van der Waals surface area contributed by atoms with Gasteiger partial charge in [0.2, 0.25) is 16.0 Å². The zero-order valence-electron chi connectivity index (χ0n) is 24.8. The highest BCUT2D eigenvalue weighted by atomic mass is 32.2. The van der Waals surface area contributed by atoms with Gasteiger partial charge in [0.05, 0.1) is 6.26 Å². The lowest BCUT2D eigenvalue weighted by Gasteiger charge is -2.33. The van der Waals surface area contributed by atoms with Gasteiger partial charge in [-0.15, -0.1) is 10.2 Å². The topological polar surface area (TPSA) is 251 Å². The highest BCUT2D eigenvalue weighted by Gasteiger charge is 2.32. The number of nitriles is 1. The molecule has 21 heteroatoms. The van der Waals surface area contributed by atoms with Crippen LogP contribution in [0.25, 0.3) is 0 Å². The second-order valence-electron chi connectivity index (χ2n) is 9.85. The Bertz CT molecular complexity index is 1780. The normalized spacial score (nSPS) is 14.2. The summed E-state index contributed by atoms with van der Waals surface area (Å²) in [6.45, 7) is 3.91. The van der Waals surface area contributed by atoms with Crippen LogP contribution in [0.4, 0.5) is 22.7 Å². The molecule has 3 aromatic heterocycles. The Kier molecular flexibility index (Phi) is 10.5. The van der Waals surface area contributed by atoms with Gasteiger partial charge >= 0.3 is 0 Å². The van der Waals surface area contributed by atoms with Crippen molar-refractivity contribution >= 4 is 60.0 Å². The van der Waals surface area contributed by atoms with Crippen LogP contribution in [-0.2, 0) is 20.0 Å². The minimum Gasteiger partial charge on any atom is -0.345 e. The van der Waals surface area contributed by atoms with Crippen LogP contribution in [0.15, 0.2) is 23.2 Å². The largest absolute Gasteiger partial charge is 0.345 e. The molecule has 4 rings (SSSR count). The second kappa shape index (κ2) is 13.9. The van der Waals surface area contributed by atoms with Crippen molar-refractivity contribution < 1.29 is 21.6 Å². The van der Waals surface area contributed by atoms with E-state index < -0.39 is 26.0 Å². The Morgan fingerprint density at radius 3 is 2.29 bits per heavy atom. The van der Waals surface area contributed by atoms with E-state index in [1.54, 1.807) is 22.8 Å². The molecule has 1 aliphatic heterocycles. The summed E-state index contributed by atoms with van der Waals surface area (Å²) in [6.07, 6.45) is 0.983. The predicted molar refractivity (Wildman–Crippen MR) is 168 cm³/mol. The van der Waals surface area contributed by atoms with Gasteiger partial charge in [-0.1, -0.05) is 11.3 Å². The monoisotopic (exact) mass is 679 g/mol. The lowest BCUT2D eigenvalue weighted by molar-refractivity contribution is 0.103. The number of rotatable bonds is 12. The molecule has 0 radical (unpaired) electrons. The molecule has 1 saturated heterocycles. The van der Waals surface area contributed by atoms with Gasteiger partial charge in [-0.25, -0.2) is 31.8 Å². The molecule has 0 atom stereocenters. The molecule has 0 unspecified atom stereocenters. The summed E-state index contributed by atoms with van der Waals surface area (Å²) in [5.74, 6) is -0.518. The van der Waals surface area contributed by atoms with Crippen LogP contribution in [-0.4, -0.2) is 118 Å². The van der Waals surface area contributed by atoms with Crippen molar-refractivity contribution in [2.75, 3.05) is 85.1 Å². The SMILES string of the molecule is Cc1cc(C#N)nc(N2CCN(S(=O)(=O)c3ccc(NC(=O)c4sc(N(CCN)CCN)nc4N(C)S(C)(=O)=O)nn3)CC2)n1. The van der Waals surface area contributed by atoms with Crippen LogP contribution in [0.2, 0.25) is 0 Å². The molecule has 1 amide bonds. The number of nitrogens with zero attached hydrogens (tertiary/aromatic N) is 10. The summed E-state index contributed by atoms with van der Waals surface area (Å²) in [7, 11) is -6.51. The van der Waals surface area contributed by atoms with Crippen LogP contribution in [0.5, 0.6) is 0 Å². The molecule has 18 nitrogen and oxygen atoms in total. The van der Waals surface area contributed by atoms with Crippen LogP contribution >= 0.6 is 11.3 Å². The maximum absolute atomic E-state index is 13.3. The van der Waals surface area contributed by atoms with Gasteiger partial charge in [0.15, 0.2) is 21.8 Å². The summed E-state index contributed by atoms with van der Waals surface area (Å²) in [5, 5.41) is 19.5. The first-order valence-corrected chi connectivity index (χ1v) is 17.6. The molecule has 5 N–H and O–H groups in total. The Morgan fingerprint density at radius 1 is 1.07 bits per heavy atom. The summed E-state index contributed by atoms with van der Waals surface area (Å²) >= 11 is 0.953. The van der Waals surface area contributed by atoms with Gasteiger partial charge in [0.25, 0.3) is 15.9 Å². The van der Waals surface area contributed by atoms with E-state index in [9.17, 15) is 26.9 Å². The number of piperazine rings is 1. The molecule has 242 valence electrons. The Morgan fingerprint density at radius 2 is 1.73 bits per heavy atom. The minimum absolute atomic E-state index is 0.0205. The van der Waals surface area contributed by atoms with Crippen LogP contribution in [0.3, 0.4) is 0 Å². The van der Waals surface area contributed by atoms with Crippen molar-refractivity contribution in [2.24, 2.45) is 11.5 Å². The third-order valence-corrected chi connectivity index (χ3v) is 10.7. The van der Waals surface area contributed by atoms with Gasteiger partial charge in [0, 0.05) is 65.1 Å². The lowest BCUT2D eigenvalue weighted by Crippen LogP contribution is -2.49. The van der Waals surface area contributed by atoms with Crippen LogP contribution in [0, 0.1) is 18.3 Å². The molecule has 1 aliphatic rings. The number of carbonyl (C=O) groups is 1. The smallest absolute Gasteiger partial charge is 0.270 e. The van der Waals surface area contributed by atoms with E-state index in [1.165, 1.54) is 23.5 Å². The third-order valence-electron chi connectivity index (χ3n) is 6.63. The number of amides is 1. The van der Waals surface area contributed by atoms with E-state index >= 15 is 0 Å². The summed E-state index contributed by atoms with van der Waals surface area (Å²) in [4.78, 5) is 29.8. The van der Waals surface area contributed by atoms with Gasteiger partial charge < -0.3 is 26.6 Å². The number of hydrogen-bond acceptors (Lipinski definition) is 16. The first kappa shape index (κ1) is 33.8. The molecule has 0 aliphatic carbocycles. The van der Waals surface area contributed by atoms with Crippen LogP contribution < -0.4 is 30.9 Å². The molecule has 45 heavy (non-hydrogen) atoms. The summed E-state index contributed by atoms with van der Waals surface area (Å²) in [6, 6.07) is 6.07. The molecule has 0 saturated carbocycles. The molecule has 1 fully saturated rings. The molecular formula is C24H33N13O5S3. The van der Waals surface area contributed by atoms with E-state index in [4.69, 9.17) is 11.5 Å². The fourth-order valence-electron chi connectivity index (χ4n) is 4.28. The predicted octanol–water partition coefficient (Wildman–Crippen LogP) is -1.21.